The summed E-state index contributed by atoms with van der Waals surface area (Å²) >= 11 is 0. The van der Waals surface area contributed by atoms with Crippen LogP contribution >= 0.6 is 0 Å². The normalized spacial score (nSPS) is 17.8. The fraction of sp³-hybridized carbons (Fsp3) is 0.846. The van der Waals surface area contributed by atoms with E-state index in [0.29, 0.717) is 0 Å². The maximum absolute atomic E-state index is 3.90. The van der Waals surface area contributed by atoms with Crippen LogP contribution in [-0.2, 0) is 0 Å². The van der Waals surface area contributed by atoms with Gasteiger partial charge in [-0.2, -0.15) is 0 Å². The van der Waals surface area contributed by atoms with Crippen molar-refractivity contribution in [2.45, 2.75) is 53.4 Å². The van der Waals surface area contributed by atoms with E-state index in [2.05, 4.69) is 40.3 Å². The largest absolute Gasteiger partial charge is 0.103 e. The van der Waals surface area contributed by atoms with Crippen LogP contribution in [-0.4, -0.2) is 0 Å². The lowest BCUT2D eigenvalue weighted by atomic mass is 9.81. The Labute approximate surface area is 84.4 Å². The molecule has 0 nitrogen and oxygen atoms in total. The first kappa shape index (κ1) is 12.7. The number of hydrogen-bond donors (Lipinski definition) is 0. The maximum Gasteiger partial charge on any atom is -0.0236 e. The van der Waals surface area contributed by atoms with E-state index in [9.17, 15) is 0 Å². The monoisotopic (exact) mass is 182 g/mol. The molecule has 0 aromatic carbocycles. The zero-order chi connectivity index (χ0) is 10.3. The predicted octanol–water partition coefficient (Wildman–Crippen LogP) is 4.66. The van der Waals surface area contributed by atoms with Gasteiger partial charge in [0.15, 0.2) is 0 Å². The molecule has 3 unspecified atom stereocenters. The first-order valence-electron chi connectivity index (χ1n) is 5.81. The zero-order valence-corrected chi connectivity index (χ0v) is 9.84. The van der Waals surface area contributed by atoms with Gasteiger partial charge in [-0.15, -0.1) is 6.58 Å². The smallest absolute Gasteiger partial charge is 0.0236 e. The average Bonchev–Trinajstić information content (AvgIpc) is 2.19. The first-order valence-corrected chi connectivity index (χ1v) is 5.81. The molecule has 0 aliphatic rings. The minimum atomic E-state index is 0.735. The molecule has 0 N–H and O–H groups in total. The highest BCUT2D eigenvalue weighted by molar-refractivity contribution is 4.81. The van der Waals surface area contributed by atoms with Crippen molar-refractivity contribution in [1.82, 2.24) is 0 Å². The van der Waals surface area contributed by atoms with Gasteiger partial charge in [0.05, 0.1) is 0 Å². The van der Waals surface area contributed by atoms with Crippen LogP contribution in [0, 0.1) is 17.8 Å². The third kappa shape index (κ3) is 4.50. The third-order valence-corrected chi connectivity index (χ3v) is 3.44. The van der Waals surface area contributed by atoms with Gasteiger partial charge in [-0.3, -0.25) is 0 Å². The summed E-state index contributed by atoms with van der Waals surface area (Å²) in [6, 6.07) is 0. The van der Waals surface area contributed by atoms with Crippen molar-refractivity contribution in [3.63, 3.8) is 0 Å². The molecule has 0 rings (SSSR count). The minimum Gasteiger partial charge on any atom is -0.103 e. The van der Waals surface area contributed by atoms with E-state index < -0.39 is 0 Å². The van der Waals surface area contributed by atoms with Gasteiger partial charge in [-0.05, 0) is 30.6 Å². The highest BCUT2D eigenvalue weighted by Gasteiger charge is 2.16. The molecule has 13 heavy (non-hydrogen) atoms. The molecule has 0 heteroatoms. The quantitative estimate of drug-likeness (QED) is 0.502. The number of allylic oxidation sites excluding steroid dienone is 1. The van der Waals surface area contributed by atoms with E-state index in [1.807, 2.05) is 0 Å². The lowest BCUT2D eigenvalue weighted by Gasteiger charge is -2.24. The van der Waals surface area contributed by atoms with Crippen molar-refractivity contribution >= 4 is 0 Å². The average molecular weight is 182 g/mol. The molecule has 0 aliphatic heterocycles. The fourth-order valence-corrected chi connectivity index (χ4v) is 1.95. The molecule has 0 saturated carbocycles. The fourth-order valence-electron chi connectivity index (χ4n) is 1.95. The topological polar surface area (TPSA) is 0 Å². The van der Waals surface area contributed by atoms with Crippen LogP contribution < -0.4 is 0 Å². The Hall–Kier alpha value is -0.260. The van der Waals surface area contributed by atoms with Gasteiger partial charge in [0.1, 0.15) is 0 Å². The molecule has 0 spiro atoms. The summed E-state index contributed by atoms with van der Waals surface area (Å²) in [5.74, 6) is 2.51. The summed E-state index contributed by atoms with van der Waals surface area (Å²) in [4.78, 5) is 0. The van der Waals surface area contributed by atoms with E-state index in [4.69, 9.17) is 0 Å². The van der Waals surface area contributed by atoms with E-state index >= 15 is 0 Å². The lowest BCUT2D eigenvalue weighted by Crippen LogP contribution is -2.13. The summed E-state index contributed by atoms with van der Waals surface area (Å²) in [5, 5.41) is 0. The van der Waals surface area contributed by atoms with Crippen LogP contribution in [0.2, 0.25) is 0 Å². The van der Waals surface area contributed by atoms with Crippen LogP contribution in [0.3, 0.4) is 0 Å². The molecule has 3 atom stereocenters. The second-order valence-electron chi connectivity index (χ2n) is 4.19. The molecular formula is C13H26. The Balaban J connectivity index is 4.01. The molecule has 78 valence electrons. The van der Waals surface area contributed by atoms with Crippen LogP contribution in [0.25, 0.3) is 0 Å². The van der Waals surface area contributed by atoms with E-state index in [1.54, 1.807) is 0 Å². The van der Waals surface area contributed by atoms with Crippen molar-refractivity contribution in [2.75, 3.05) is 0 Å². The van der Waals surface area contributed by atoms with E-state index in [0.717, 1.165) is 17.8 Å². The highest BCUT2D eigenvalue weighted by atomic mass is 14.2. The summed E-state index contributed by atoms with van der Waals surface area (Å²) in [5.41, 5.74) is 0. The Morgan fingerprint density at radius 3 is 2.00 bits per heavy atom. The minimum absolute atomic E-state index is 0.735. The molecule has 0 saturated heterocycles. The Morgan fingerprint density at radius 2 is 1.69 bits per heavy atom. The summed E-state index contributed by atoms with van der Waals surface area (Å²) in [6.07, 6.45) is 7.35. The molecule has 0 radical (unpaired) electrons. The van der Waals surface area contributed by atoms with Gasteiger partial charge in [-0.1, -0.05) is 46.6 Å². The van der Waals surface area contributed by atoms with Gasteiger partial charge in [0.25, 0.3) is 0 Å². The van der Waals surface area contributed by atoms with Crippen LogP contribution in [0.5, 0.6) is 0 Å². The number of rotatable bonds is 7. The van der Waals surface area contributed by atoms with E-state index in [1.165, 1.54) is 25.7 Å². The van der Waals surface area contributed by atoms with Crippen molar-refractivity contribution < 1.29 is 0 Å². The van der Waals surface area contributed by atoms with Crippen LogP contribution in [0.15, 0.2) is 12.7 Å². The molecule has 0 fully saturated rings. The predicted molar refractivity (Wildman–Crippen MR) is 61.8 cm³/mol. The van der Waals surface area contributed by atoms with Gasteiger partial charge in [0, 0.05) is 0 Å². The lowest BCUT2D eigenvalue weighted by molar-refractivity contribution is 0.285. The van der Waals surface area contributed by atoms with Crippen molar-refractivity contribution in [3.8, 4) is 0 Å². The first-order chi connectivity index (χ1) is 6.19. The standard InChI is InChI=1S/C13H26/c1-6-11(5)13(9-4)10-12(7-2)8-3/h7,11-13H,2,6,8-10H2,1,3-5H3. The second kappa shape index (κ2) is 7.17. The molecule has 0 bridgehead atoms. The van der Waals surface area contributed by atoms with Gasteiger partial charge >= 0.3 is 0 Å². The van der Waals surface area contributed by atoms with Gasteiger partial charge < -0.3 is 0 Å². The molecule has 0 aliphatic carbocycles. The van der Waals surface area contributed by atoms with Crippen LogP contribution in [0.1, 0.15) is 53.4 Å². The van der Waals surface area contributed by atoms with Crippen molar-refractivity contribution in [1.29, 1.82) is 0 Å². The van der Waals surface area contributed by atoms with Crippen LogP contribution in [0.4, 0.5) is 0 Å². The molecule has 0 aromatic heterocycles. The Bertz CT molecular complexity index is 126. The SMILES string of the molecule is C=CC(CC)CC(CC)C(C)CC. The molecule has 0 aromatic rings. The summed E-state index contributed by atoms with van der Waals surface area (Å²) in [6.45, 7) is 13.1. The van der Waals surface area contributed by atoms with Crippen molar-refractivity contribution in [3.05, 3.63) is 12.7 Å². The Kier molecular flexibility index (Phi) is 7.03. The van der Waals surface area contributed by atoms with E-state index in [-0.39, 0.29) is 0 Å². The maximum atomic E-state index is 3.90. The molecule has 0 heterocycles. The van der Waals surface area contributed by atoms with Crippen molar-refractivity contribution in [2.24, 2.45) is 17.8 Å². The zero-order valence-electron chi connectivity index (χ0n) is 9.84. The number of hydrogen-bond acceptors (Lipinski definition) is 0. The van der Waals surface area contributed by atoms with Gasteiger partial charge in [-0.25, -0.2) is 0 Å². The second-order valence-corrected chi connectivity index (χ2v) is 4.19. The third-order valence-electron chi connectivity index (χ3n) is 3.44. The highest BCUT2D eigenvalue weighted by Crippen LogP contribution is 2.27. The molecule has 0 amide bonds. The van der Waals surface area contributed by atoms with Gasteiger partial charge in [0.2, 0.25) is 0 Å². The Morgan fingerprint density at radius 1 is 1.08 bits per heavy atom. The molecular weight excluding hydrogens is 156 g/mol. The summed E-state index contributed by atoms with van der Waals surface area (Å²) < 4.78 is 0. The summed E-state index contributed by atoms with van der Waals surface area (Å²) in [7, 11) is 0.